The van der Waals surface area contributed by atoms with Gasteiger partial charge in [0.15, 0.2) is 16.7 Å². The van der Waals surface area contributed by atoms with Gasteiger partial charge in [0.2, 0.25) is 5.91 Å². The van der Waals surface area contributed by atoms with E-state index in [-0.39, 0.29) is 30.3 Å². The van der Waals surface area contributed by atoms with Gasteiger partial charge in [-0.2, -0.15) is 0 Å². The Labute approximate surface area is 274 Å². The Kier molecular flexibility index (Phi) is 10.7. The first kappa shape index (κ1) is 33.1. The van der Waals surface area contributed by atoms with E-state index in [1.165, 1.54) is 11.8 Å². The molecule has 0 N–H and O–H groups in total. The third-order valence-electron chi connectivity index (χ3n) is 8.03. The molecule has 0 aromatic heterocycles. The number of allylic oxidation sites excluding steroid dienone is 1. The van der Waals surface area contributed by atoms with Crippen molar-refractivity contribution in [1.29, 1.82) is 0 Å². The van der Waals surface area contributed by atoms with E-state index in [1.54, 1.807) is 39.7 Å². The summed E-state index contributed by atoms with van der Waals surface area (Å²) in [6.07, 6.45) is 1.18. The van der Waals surface area contributed by atoms with Crippen LogP contribution in [0.1, 0.15) is 64.1 Å². The first-order valence-electron chi connectivity index (χ1n) is 15.6. The van der Waals surface area contributed by atoms with Crippen molar-refractivity contribution in [2.24, 2.45) is 10.9 Å². The maximum absolute atomic E-state index is 13.7. The monoisotopic (exact) mass is 647 g/mol. The van der Waals surface area contributed by atoms with Crippen LogP contribution >= 0.6 is 11.8 Å². The Hall–Kier alpha value is -4.25. The van der Waals surface area contributed by atoms with Gasteiger partial charge in [-0.3, -0.25) is 9.59 Å². The van der Waals surface area contributed by atoms with Gasteiger partial charge in [-0.1, -0.05) is 48.2 Å². The van der Waals surface area contributed by atoms with Gasteiger partial charge in [0.1, 0.15) is 6.61 Å². The van der Waals surface area contributed by atoms with Crippen molar-refractivity contribution >= 4 is 34.8 Å². The van der Waals surface area contributed by atoms with Gasteiger partial charge in [0.05, 0.1) is 49.5 Å². The number of rotatable bonds is 11. The molecule has 0 saturated carbocycles. The van der Waals surface area contributed by atoms with Crippen molar-refractivity contribution in [1.82, 2.24) is 9.80 Å². The highest BCUT2D eigenvalue weighted by atomic mass is 32.2. The van der Waals surface area contributed by atoms with Gasteiger partial charge in [0.25, 0.3) is 0 Å². The largest absolute Gasteiger partial charge is 0.493 e. The number of carbonyl (C=O) groups is 3. The predicted molar refractivity (Wildman–Crippen MR) is 176 cm³/mol. The zero-order chi connectivity index (χ0) is 32.8. The summed E-state index contributed by atoms with van der Waals surface area (Å²) < 4.78 is 22.8. The van der Waals surface area contributed by atoms with Crippen LogP contribution in [0.15, 0.2) is 75.9 Å². The van der Waals surface area contributed by atoms with E-state index in [2.05, 4.69) is 0 Å². The predicted octanol–water partition coefficient (Wildman–Crippen LogP) is 5.99. The fraction of sp³-hybridized carbons (Fsp3) is 0.429. The summed E-state index contributed by atoms with van der Waals surface area (Å²) in [7, 11) is 1.58. The maximum atomic E-state index is 13.7. The van der Waals surface area contributed by atoms with E-state index in [1.807, 2.05) is 58.8 Å². The molecule has 3 aliphatic heterocycles. The minimum absolute atomic E-state index is 0.0824. The number of likely N-dealkylation sites (tertiary alicyclic amines) is 1. The number of hydrogen-bond donors (Lipinski definition) is 0. The van der Waals surface area contributed by atoms with Gasteiger partial charge in [-0.15, -0.1) is 0 Å². The normalized spacial score (nSPS) is 19.3. The lowest BCUT2D eigenvalue weighted by Gasteiger charge is -2.37. The number of piperidine rings is 1. The third kappa shape index (κ3) is 7.41. The number of esters is 2. The molecule has 3 aliphatic rings. The summed E-state index contributed by atoms with van der Waals surface area (Å²) in [6, 6.07) is 14.8. The lowest BCUT2D eigenvalue weighted by atomic mass is 9.93. The molecule has 2 atom stereocenters. The van der Waals surface area contributed by atoms with Crippen molar-refractivity contribution in [2.75, 3.05) is 26.8 Å². The molecule has 3 heterocycles. The number of ether oxygens (including phenoxy) is 4. The molecule has 1 fully saturated rings. The minimum atomic E-state index is -0.626. The van der Waals surface area contributed by atoms with E-state index in [0.29, 0.717) is 66.4 Å². The SMILES string of the molecule is CCOC(=O)[C@@H]1CCCN(C(=O)CC2=CSC3=NC(C)=C(C(=O)OC(C)C)[C@H](c4ccc(OCc5ccccc5)c(OC)c4)N23)C1. The second kappa shape index (κ2) is 14.9. The second-order valence-corrected chi connectivity index (χ2v) is 12.5. The molecule has 0 radical (unpaired) electrons. The lowest BCUT2D eigenvalue weighted by Crippen LogP contribution is -2.44. The van der Waals surface area contributed by atoms with Crippen LogP contribution in [0.5, 0.6) is 11.5 Å². The fourth-order valence-electron chi connectivity index (χ4n) is 5.86. The minimum Gasteiger partial charge on any atom is -0.493 e. The number of amides is 1. The zero-order valence-corrected chi connectivity index (χ0v) is 27.8. The van der Waals surface area contributed by atoms with Crippen molar-refractivity contribution in [2.45, 2.75) is 65.7 Å². The average molecular weight is 648 g/mol. The van der Waals surface area contributed by atoms with E-state index in [0.717, 1.165) is 17.5 Å². The molecular formula is C35H41N3O7S. The molecule has 2 aromatic rings. The third-order valence-corrected chi connectivity index (χ3v) is 8.92. The molecule has 0 unspecified atom stereocenters. The number of carbonyl (C=O) groups excluding carboxylic acids is 3. The molecule has 11 heteroatoms. The van der Waals surface area contributed by atoms with E-state index >= 15 is 0 Å². The highest BCUT2D eigenvalue weighted by molar-refractivity contribution is 8.16. The zero-order valence-electron chi connectivity index (χ0n) is 27.0. The fourth-order valence-corrected chi connectivity index (χ4v) is 6.82. The number of nitrogens with zero attached hydrogens (tertiary/aromatic N) is 3. The average Bonchev–Trinajstić information content (AvgIpc) is 3.44. The molecule has 5 rings (SSSR count). The van der Waals surface area contributed by atoms with Gasteiger partial charge >= 0.3 is 11.9 Å². The summed E-state index contributed by atoms with van der Waals surface area (Å²) in [5.74, 6) is -0.0868. The molecule has 1 amide bonds. The number of thioether (sulfide) groups is 1. The van der Waals surface area contributed by atoms with Crippen LogP contribution < -0.4 is 9.47 Å². The second-order valence-electron chi connectivity index (χ2n) is 11.6. The number of fused-ring (bicyclic) bond motifs is 1. The Balaban J connectivity index is 1.44. The Bertz CT molecular complexity index is 1550. The highest BCUT2D eigenvalue weighted by Gasteiger charge is 2.42. The van der Waals surface area contributed by atoms with Gasteiger partial charge in [-0.25, -0.2) is 9.79 Å². The van der Waals surface area contributed by atoms with Crippen LogP contribution in [-0.4, -0.2) is 65.7 Å². The first-order chi connectivity index (χ1) is 22.2. The summed E-state index contributed by atoms with van der Waals surface area (Å²) in [6.45, 7) is 8.78. The van der Waals surface area contributed by atoms with E-state index < -0.39 is 12.0 Å². The summed E-state index contributed by atoms with van der Waals surface area (Å²) in [5, 5.41) is 2.58. The van der Waals surface area contributed by atoms with Gasteiger partial charge in [-0.05, 0) is 69.2 Å². The first-order valence-corrected chi connectivity index (χ1v) is 16.5. The molecule has 2 aromatic carbocycles. The molecule has 0 bridgehead atoms. The Morgan fingerprint density at radius 1 is 1.09 bits per heavy atom. The summed E-state index contributed by atoms with van der Waals surface area (Å²) in [4.78, 5) is 48.2. The van der Waals surface area contributed by atoms with Crippen LogP contribution in [0.3, 0.4) is 0 Å². The number of hydrogen-bond acceptors (Lipinski definition) is 10. The summed E-state index contributed by atoms with van der Waals surface area (Å²) >= 11 is 1.41. The molecule has 1 saturated heterocycles. The molecule has 0 spiro atoms. The smallest absolute Gasteiger partial charge is 0.338 e. The summed E-state index contributed by atoms with van der Waals surface area (Å²) in [5.41, 5.74) is 3.43. The number of aliphatic imine (C=N–C) groups is 1. The highest BCUT2D eigenvalue weighted by Crippen LogP contribution is 2.46. The van der Waals surface area contributed by atoms with Crippen LogP contribution in [0.25, 0.3) is 0 Å². The van der Waals surface area contributed by atoms with E-state index in [4.69, 9.17) is 23.9 Å². The van der Waals surface area contributed by atoms with Crippen LogP contribution in [-0.2, 0) is 30.5 Å². The van der Waals surface area contributed by atoms with Crippen LogP contribution in [0, 0.1) is 5.92 Å². The maximum Gasteiger partial charge on any atom is 0.338 e. The lowest BCUT2D eigenvalue weighted by molar-refractivity contribution is -0.151. The molecule has 46 heavy (non-hydrogen) atoms. The molecular weight excluding hydrogens is 606 g/mol. The number of benzene rings is 2. The van der Waals surface area contributed by atoms with Crippen LogP contribution in [0.2, 0.25) is 0 Å². The molecule has 244 valence electrons. The molecule has 10 nitrogen and oxygen atoms in total. The van der Waals surface area contributed by atoms with E-state index in [9.17, 15) is 14.4 Å². The van der Waals surface area contributed by atoms with Crippen molar-refractivity contribution in [3.63, 3.8) is 0 Å². The molecule has 0 aliphatic carbocycles. The van der Waals surface area contributed by atoms with Gasteiger partial charge < -0.3 is 28.7 Å². The Morgan fingerprint density at radius 2 is 1.87 bits per heavy atom. The van der Waals surface area contributed by atoms with Gasteiger partial charge in [0, 0.05) is 18.8 Å². The number of methoxy groups -OCH3 is 1. The van der Waals surface area contributed by atoms with Crippen molar-refractivity contribution < 1.29 is 33.3 Å². The van der Waals surface area contributed by atoms with Crippen LogP contribution in [0.4, 0.5) is 0 Å². The van der Waals surface area contributed by atoms with Crippen molar-refractivity contribution in [3.05, 3.63) is 82.0 Å². The quantitative estimate of drug-likeness (QED) is 0.272. The number of amidine groups is 1. The van der Waals surface area contributed by atoms with Crippen molar-refractivity contribution in [3.8, 4) is 11.5 Å². The Morgan fingerprint density at radius 3 is 2.59 bits per heavy atom. The topological polar surface area (TPSA) is 107 Å². The standard InChI is InChI=1S/C35H41N3O7S/c1-6-43-33(40)26-13-10-16-37(19-26)30(39)18-27-21-46-35-36-23(4)31(34(41)45-22(2)3)32(38(27)35)25-14-15-28(29(17-25)42-5)44-20-24-11-8-7-9-12-24/h7-9,11-12,14-15,17,21-22,26,32H,6,10,13,16,18-20H2,1-5H3/t26-,32+/m1/s1.